The van der Waals surface area contributed by atoms with E-state index in [1.54, 1.807) is 11.8 Å². The fourth-order valence-corrected chi connectivity index (χ4v) is 2.75. The molecule has 21 heavy (non-hydrogen) atoms. The fraction of sp³-hybridized carbons (Fsp3) is 0.500. The maximum Gasteiger partial charge on any atom is 0.240 e. The van der Waals surface area contributed by atoms with Crippen LogP contribution in [0.5, 0.6) is 0 Å². The van der Waals surface area contributed by atoms with Crippen LogP contribution in [-0.4, -0.2) is 23.5 Å². The number of carbonyl (C=O) groups excluding carboxylic acids is 1. The molecule has 5 nitrogen and oxygen atoms in total. The number of amidine groups is 1. The predicted octanol–water partition coefficient (Wildman–Crippen LogP) is 2.52. The smallest absolute Gasteiger partial charge is 0.240 e. The van der Waals surface area contributed by atoms with E-state index in [1.165, 1.54) is 5.56 Å². The molecule has 0 saturated carbocycles. The van der Waals surface area contributed by atoms with E-state index in [4.69, 9.17) is 10.9 Å². The molecule has 1 aliphatic heterocycles. The van der Waals surface area contributed by atoms with Crippen LogP contribution in [0.3, 0.4) is 0 Å². The lowest BCUT2D eigenvalue weighted by Gasteiger charge is -2.33. The minimum atomic E-state index is -0.980. The van der Waals surface area contributed by atoms with Crippen LogP contribution in [0.15, 0.2) is 29.4 Å². The number of hydrogen-bond acceptors (Lipinski definition) is 3. The monoisotopic (exact) mass is 289 g/mol. The Morgan fingerprint density at radius 3 is 2.81 bits per heavy atom. The molecule has 0 spiro atoms. The first-order valence-electron chi connectivity index (χ1n) is 7.42. The van der Waals surface area contributed by atoms with Crippen LogP contribution in [0.25, 0.3) is 0 Å². The standard InChI is InChI=1S/C16H23N3O2/c1-3-16(2,14(17)18-21)15(20)19-11-7-6-9-12-8-4-5-10-13(12)19/h4-5,8,10,21H,3,6-7,9,11H2,1-2H3,(H2,17,18). The van der Waals surface area contributed by atoms with E-state index in [9.17, 15) is 4.79 Å². The average molecular weight is 289 g/mol. The van der Waals surface area contributed by atoms with E-state index in [0.717, 1.165) is 24.9 Å². The summed E-state index contributed by atoms with van der Waals surface area (Å²) in [7, 11) is 0. The van der Waals surface area contributed by atoms with Crippen LogP contribution >= 0.6 is 0 Å². The van der Waals surface area contributed by atoms with Crippen molar-refractivity contribution in [1.82, 2.24) is 0 Å². The molecule has 0 radical (unpaired) electrons. The quantitative estimate of drug-likeness (QED) is 0.388. The molecule has 114 valence electrons. The first-order chi connectivity index (χ1) is 10.0. The number of aryl methyl sites for hydroxylation is 1. The molecule has 1 heterocycles. The molecule has 0 fully saturated rings. The highest BCUT2D eigenvalue weighted by Crippen LogP contribution is 2.32. The van der Waals surface area contributed by atoms with Crippen molar-refractivity contribution in [2.45, 2.75) is 39.5 Å². The van der Waals surface area contributed by atoms with Crippen molar-refractivity contribution in [2.75, 3.05) is 11.4 Å². The maximum absolute atomic E-state index is 13.0. The number of amides is 1. The number of benzene rings is 1. The lowest BCUT2D eigenvalue weighted by molar-refractivity contribution is -0.124. The second kappa shape index (κ2) is 6.16. The average Bonchev–Trinajstić information content (AvgIpc) is 2.74. The topological polar surface area (TPSA) is 78.9 Å². The van der Waals surface area contributed by atoms with Gasteiger partial charge in [-0.25, -0.2) is 0 Å². The van der Waals surface area contributed by atoms with Crippen molar-refractivity contribution in [3.05, 3.63) is 29.8 Å². The number of nitrogens with zero attached hydrogens (tertiary/aromatic N) is 2. The van der Waals surface area contributed by atoms with E-state index >= 15 is 0 Å². The van der Waals surface area contributed by atoms with Crippen LogP contribution in [0, 0.1) is 5.41 Å². The zero-order chi connectivity index (χ0) is 15.5. The molecule has 0 saturated heterocycles. The second-order valence-corrected chi connectivity index (χ2v) is 5.71. The first-order valence-corrected chi connectivity index (χ1v) is 7.42. The molecule has 1 aliphatic rings. The SMILES string of the molecule is CCC(C)(C(=O)N1CCCCc2ccccc21)/C(N)=N/O. The van der Waals surface area contributed by atoms with Gasteiger partial charge in [-0.05, 0) is 44.2 Å². The van der Waals surface area contributed by atoms with Crippen molar-refractivity contribution in [3.63, 3.8) is 0 Å². The summed E-state index contributed by atoms with van der Waals surface area (Å²) in [6.07, 6.45) is 3.48. The molecule has 5 heteroatoms. The normalized spacial score (nSPS) is 18.6. The van der Waals surface area contributed by atoms with Crippen LogP contribution < -0.4 is 10.6 Å². The van der Waals surface area contributed by atoms with Gasteiger partial charge in [0.1, 0.15) is 5.41 Å². The fourth-order valence-electron chi connectivity index (χ4n) is 2.75. The summed E-state index contributed by atoms with van der Waals surface area (Å²) in [5.41, 5.74) is 6.93. The third-order valence-corrected chi connectivity index (χ3v) is 4.46. The van der Waals surface area contributed by atoms with Gasteiger partial charge in [-0.2, -0.15) is 0 Å². The highest BCUT2D eigenvalue weighted by Gasteiger charge is 2.40. The Bertz CT molecular complexity index is 556. The van der Waals surface area contributed by atoms with Crippen molar-refractivity contribution in [3.8, 4) is 0 Å². The number of hydrogen-bond donors (Lipinski definition) is 2. The lowest BCUT2D eigenvalue weighted by Crippen LogP contribution is -2.50. The van der Waals surface area contributed by atoms with Gasteiger partial charge < -0.3 is 15.8 Å². The molecule has 2 rings (SSSR count). The third kappa shape index (κ3) is 2.73. The summed E-state index contributed by atoms with van der Waals surface area (Å²) < 4.78 is 0. The molecule has 0 bridgehead atoms. The Morgan fingerprint density at radius 1 is 1.43 bits per heavy atom. The number of carbonyl (C=O) groups is 1. The van der Waals surface area contributed by atoms with Crippen molar-refractivity contribution >= 4 is 17.4 Å². The van der Waals surface area contributed by atoms with Gasteiger partial charge >= 0.3 is 0 Å². The minimum Gasteiger partial charge on any atom is -0.409 e. The van der Waals surface area contributed by atoms with E-state index in [1.807, 2.05) is 25.1 Å². The molecule has 3 N–H and O–H groups in total. The van der Waals surface area contributed by atoms with E-state index < -0.39 is 5.41 Å². The molecule has 1 unspecified atom stereocenters. The summed E-state index contributed by atoms with van der Waals surface area (Å²) in [5, 5.41) is 12.1. The summed E-state index contributed by atoms with van der Waals surface area (Å²) in [6.45, 7) is 4.28. The summed E-state index contributed by atoms with van der Waals surface area (Å²) >= 11 is 0. The summed E-state index contributed by atoms with van der Waals surface area (Å²) in [5.74, 6) is -0.133. The number of fused-ring (bicyclic) bond motifs is 1. The van der Waals surface area contributed by atoms with E-state index in [2.05, 4.69) is 11.2 Å². The lowest BCUT2D eigenvalue weighted by atomic mass is 9.84. The Hall–Kier alpha value is -2.04. The molecular formula is C16H23N3O2. The third-order valence-electron chi connectivity index (χ3n) is 4.46. The van der Waals surface area contributed by atoms with Gasteiger partial charge in [0.25, 0.3) is 0 Å². The summed E-state index contributed by atoms with van der Waals surface area (Å²) in [4.78, 5) is 14.8. The van der Waals surface area contributed by atoms with Gasteiger partial charge in [-0.1, -0.05) is 30.3 Å². The molecular weight excluding hydrogens is 266 g/mol. The van der Waals surface area contributed by atoms with Crippen LogP contribution in [0.2, 0.25) is 0 Å². The van der Waals surface area contributed by atoms with Gasteiger partial charge in [0.05, 0.1) is 0 Å². The second-order valence-electron chi connectivity index (χ2n) is 5.71. The Morgan fingerprint density at radius 2 is 2.14 bits per heavy atom. The van der Waals surface area contributed by atoms with Crippen LogP contribution in [0.4, 0.5) is 5.69 Å². The van der Waals surface area contributed by atoms with Crippen molar-refractivity contribution < 1.29 is 10.0 Å². The van der Waals surface area contributed by atoms with Gasteiger partial charge in [-0.15, -0.1) is 0 Å². The molecule has 1 atom stereocenters. The van der Waals surface area contributed by atoms with Crippen LogP contribution in [-0.2, 0) is 11.2 Å². The van der Waals surface area contributed by atoms with Crippen molar-refractivity contribution in [2.24, 2.45) is 16.3 Å². The number of rotatable bonds is 3. The largest absolute Gasteiger partial charge is 0.409 e. The van der Waals surface area contributed by atoms with Gasteiger partial charge in [0, 0.05) is 12.2 Å². The number of oxime groups is 1. The zero-order valence-corrected chi connectivity index (χ0v) is 12.7. The number of para-hydroxylation sites is 1. The Balaban J connectivity index is 2.43. The molecule has 1 aromatic rings. The molecule has 0 aromatic heterocycles. The molecule has 1 aromatic carbocycles. The zero-order valence-electron chi connectivity index (χ0n) is 12.7. The van der Waals surface area contributed by atoms with E-state index in [-0.39, 0.29) is 11.7 Å². The highest BCUT2D eigenvalue weighted by molar-refractivity contribution is 6.12. The predicted molar refractivity (Wildman–Crippen MR) is 83.5 cm³/mol. The van der Waals surface area contributed by atoms with Gasteiger partial charge in [0.15, 0.2) is 5.84 Å². The number of anilines is 1. The maximum atomic E-state index is 13.0. The highest BCUT2D eigenvalue weighted by atomic mass is 16.4. The van der Waals surface area contributed by atoms with Gasteiger partial charge in [-0.3, -0.25) is 4.79 Å². The molecule has 1 amide bonds. The van der Waals surface area contributed by atoms with Crippen LogP contribution in [0.1, 0.15) is 38.7 Å². The first kappa shape index (κ1) is 15.4. The van der Waals surface area contributed by atoms with E-state index in [0.29, 0.717) is 13.0 Å². The number of nitrogens with two attached hydrogens (primary N) is 1. The summed E-state index contributed by atoms with van der Waals surface area (Å²) in [6, 6.07) is 7.97. The van der Waals surface area contributed by atoms with Gasteiger partial charge in [0.2, 0.25) is 5.91 Å². The Kier molecular flexibility index (Phi) is 4.50. The Labute approximate surface area is 125 Å². The molecule has 0 aliphatic carbocycles. The minimum absolute atomic E-state index is 0.0308. The van der Waals surface area contributed by atoms with Crippen molar-refractivity contribution in [1.29, 1.82) is 0 Å².